The van der Waals surface area contributed by atoms with Crippen LogP contribution >= 0.6 is 0 Å². The molecule has 0 unspecified atom stereocenters. The Labute approximate surface area is 157 Å². The normalized spacial score (nSPS) is 13.2. The van der Waals surface area contributed by atoms with E-state index >= 15 is 0 Å². The third kappa shape index (κ3) is 4.25. The van der Waals surface area contributed by atoms with E-state index in [9.17, 15) is 13.2 Å². The van der Waals surface area contributed by atoms with Crippen LogP contribution in [0.15, 0.2) is 41.3 Å². The summed E-state index contributed by atoms with van der Waals surface area (Å²) in [5.41, 5.74) is 0.572. The van der Waals surface area contributed by atoms with Crippen LogP contribution in [0.4, 0.5) is 11.4 Å². The third-order valence-corrected chi connectivity index (χ3v) is 5.06. The van der Waals surface area contributed by atoms with Gasteiger partial charge in [-0.2, -0.15) is 0 Å². The van der Waals surface area contributed by atoms with Crippen molar-refractivity contribution in [2.45, 2.75) is 18.7 Å². The molecule has 0 radical (unpaired) electrons. The molecule has 2 N–H and O–H groups in total. The molecule has 0 fully saturated rings. The quantitative estimate of drug-likeness (QED) is 0.751. The second-order valence-corrected chi connectivity index (χ2v) is 7.31. The number of ether oxygens (including phenoxy) is 3. The average Bonchev–Trinajstić information content (AvgIpc) is 2.63. The number of fused-ring (bicyclic) bond motifs is 1. The number of nitrogens with one attached hydrogen (secondary N) is 2. The van der Waals surface area contributed by atoms with E-state index in [1.165, 1.54) is 18.2 Å². The standard InChI is InChI=1S/C18H20N2O6S/c1-3-24-12-5-7-17(25-4-2)15(9-12)20-27(22,23)13-6-8-16-14(10-13)19-18(21)11-26-16/h5-10,20H,3-4,11H2,1-2H3,(H,19,21). The molecule has 1 aliphatic rings. The second kappa shape index (κ2) is 7.75. The van der Waals surface area contributed by atoms with E-state index in [2.05, 4.69) is 10.0 Å². The maximum atomic E-state index is 12.8. The second-order valence-electron chi connectivity index (χ2n) is 5.62. The van der Waals surface area contributed by atoms with Gasteiger partial charge in [-0.25, -0.2) is 8.42 Å². The number of rotatable bonds is 7. The highest BCUT2D eigenvalue weighted by molar-refractivity contribution is 7.92. The lowest BCUT2D eigenvalue weighted by Gasteiger charge is -2.19. The van der Waals surface area contributed by atoms with Crippen molar-refractivity contribution in [2.75, 3.05) is 29.9 Å². The molecule has 1 amide bonds. The molecule has 0 bridgehead atoms. The Kier molecular flexibility index (Phi) is 5.41. The highest BCUT2D eigenvalue weighted by Crippen LogP contribution is 2.34. The maximum absolute atomic E-state index is 12.8. The maximum Gasteiger partial charge on any atom is 0.262 e. The van der Waals surface area contributed by atoms with E-state index in [4.69, 9.17) is 14.2 Å². The first-order chi connectivity index (χ1) is 12.9. The average molecular weight is 392 g/mol. The van der Waals surface area contributed by atoms with Gasteiger partial charge in [0, 0.05) is 6.07 Å². The summed E-state index contributed by atoms with van der Waals surface area (Å²) in [5.74, 6) is 0.985. The van der Waals surface area contributed by atoms with Crippen LogP contribution < -0.4 is 24.2 Å². The lowest BCUT2D eigenvalue weighted by atomic mass is 10.2. The van der Waals surface area contributed by atoms with Crippen molar-refractivity contribution in [1.82, 2.24) is 0 Å². The minimum atomic E-state index is -3.93. The lowest BCUT2D eigenvalue weighted by Crippen LogP contribution is -2.25. The van der Waals surface area contributed by atoms with Crippen LogP contribution in [0.25, 0.3) is 0 Å². The van der Waals surface area contributed by atoms with E-state index in [0.29, 0.717) is 36.1 Å². The topological polar surface area (TPSA) is 103 Å². The van der Waals surface area contributed by atoms with E-state index in [1.807, 2.05) is 6.92 Å². The third-order valence-electron chi connectivity index (χ3n) is 3.70. The minimum absolute atomic E-state index is 0.0173. The number of anilines is 2. The van der Waals surface area contributed by atoms with Gasteiger partial charge in [-0.15, -0.1) is 0 Å². The van der Waals surface area contributed by atoms with Crippen molar-refractivity contribution in [2.24, 2.45) is 0 Å². The first kappa shape index (κ1) is 18.8. The zero-order valence-corrected chi connectivity index (χ0v) is 15.8. The highest BCUT2D eigenvalue weighted by atomic mass is 32.2. The molecule has 8 nitrogen and oxygen atoms in total. The van der Waals surface area contributed by atoms with E-state index in [0.717, 1.165) is 0 Å². The molecule has 3 rings (SSSR count). The number of sulfonamides is 1. The largest absolute Gasteiger partial charge is 0.494 e. The van der Waals surface area contributed by atoms with Crippen molar-refractivity contribution >= 4 is 27.3 Å². The molecular weight excluding hydrogens is 372 g/mol. The van der Waals surface area contributed by atoms with Crippen molar-refractivity contribution in [3.05, 3.63) is 36.4 Å². The van der Waals surface area contributed by atoms with E-state index in [-0.39, 0.29) is 23.1 Å². The molecule has 0 saturated heterocycles. The van der Waals surface area contributed by atoms with Crippen LogP contribution in [0.1, 0.15) is 13.8 Å². The molecule has 0 aromatic heterocycles. The van der Waals surface area contributed by atoms with Gasteiger partial charge >= 0.3 is 0 Å². The number of amides is 1. The SMILES string of the molecule is CCOc1ccc(OCC)c(NS(=O)(=O)c2ccc3c(c2)NC(=O)CO3)c1. The Morgan fingerprint density at radius 1 is 1.11 bits per heavy atom. The summed E-state index contributed by atoms with van der Waals surface area (Å²) in [6.07, 6.45) is 0. The Morgan fingerprint density at radius 2 is 1.89 bits per heavy atom. The fraction of sp³-hybridized carbons (Fsp3) is 0.278. The van der Waals surface area contributed by atoms with Crippen molar-refractivity contribution < 1.29 is 27.4 Å². The van der Waals surface area contributed by atoms with E-state index in [1.54, 1.807) is 25.1 Å². The van der Waals surface area contributed by atoms with Gasteiger partial charge in [0.15, 0.2) is 6.61 Å². The Hall–Kier alpha value is -2.94. The van der Waals surface area contributed by atoms with Crippen LogP contribution in [0.2, 0.25) is 0 Å². The number of hydrogen-bond donors (Lipinski definition) is 2. The van der Waals surface area contributed by atoms with Crippen LogP contribution in [-0.4, -0.2) is 34.1 Å². The molecule has 1 aliphatic heterocycles. The summed E-state index contributed by atoms with van der Waals surface area (Å²) in [4.78, 5) is 11.4. The van der Waals surface area contributed by atoms with Gasteiger partial charge in [0.25, 0.3) is 15.9 Å². The zero-order valence-electron chi connectivity index (χ0n) is 14.9. The predicted molar refractivity (Wildman–Crippen MR) is 100 cm³/mol. The summed E-state index contributed by atoms with van der Waals surface area (Å²) in [5, 5.41) is 2.59. The first-order valence-electron chi connectivity index (χ1n) is 8.42. The van der Waals surface area contributed by atoms with Gasteiger partial charge in [0.1, 0.15) is 17.2 Å². The molecule has 0 spiro atoms. The minimum Gasteiger partial charge on any atom is -0.494 e. The Balaban J connectivity index is 1.93. The number of carbonyl (C=O) groups excluding carboxylic acids is 1. The van der Waals surface area contributed by atoms with Gasteiger partial charge in [-0.1, -0.05) is 0 Å². The lowest BCUT2D eigenvalue weighted by molar-refractivity contribution is -0.118. The number of benzene rings is 2. The van der Waals surface area contributed by atoms with Gasteiger partial charge in [0.2, 0.25) is 0 Å². The van der Waals surface area contributed by atoms with Crippen LogP contribution in [0.3, 0.4) is 0 Å². The van der Waals surface area contributed by atoms with E-state index < -0.39 is 10.0 Å². The molecule has 144 valence electrons. The zero-order chi connectivity index (χ0) is 19.4. The monoisotopic (exact) mass is 392 g/mol. The molecular formula is C18H20N2O6S. The van der Waals surface area contributed by atoms with Gasteiger partial charge in [-0.05, 0) is 44.2 Å². The smallest absolute Gasteiger partial charge is 0.262 e. The molecule has 9 heteroatoms. The summed E-state index contributed by atoms with van der Waals surface area (Å²) >= 11 is 0. The van der Waals surface area contributed by atoms with Gasteiger partial charge < -0.3 is 19.5 Å². The molecule has 0 saturated carbocycles. The number of carbonyl (C=O) groups is 1. The summed E-state index contributed by atoms with van der Waals surface area (Å²) < 4.78 is 44.4. The molecule has 2 aromatic carbocycles. The van der Waals surface area contributed by atoms with Crippen LogP contribution in [-0.2, 0) is 14.8 Å². The van der Waals surface area contributed by atoms with Gasteiger partial charge in [-0.3, -0.25) is 9.52 Å². The molecule has 2 aromatic rings. The van der Waals surface area contributed by atoms with Crippen molar-refractivity contribution in [3.8, 4) is 17.2 Å². The van der Waals surface area contributed by atoms with Crippen molar-refractivity contribution in [1.29, 1.82) is 0 Å². The van der Waals surface area contributed by atoms with Crippen LogP contribution in [0, 0.1) is 0 Å². The first-order valence-corrected chi connectivity index (χ1v) is 9.90. The molecule has 27 heavy (non-hydrogen) atoms. The fourth-order valence-corrected chi connectivity index (χ4v) is 3.65. The predicted octanol–water partition coefficient (Wildman–Crippen LogP) is 2.62. The Morgan fingerprint density at radius 3 is 2.63 bits per heavy atom. The Bertz CT molecular complexity index is 958. The number of hydrogen-bond acceptors (Lipinski definition) is 6. The summed E-state index contributed by atoms with van der Waals surface area (Å²) in [7, 11) is -3.93. The molecule has 0 atom stereocenters. The summed E-state index contributed by atoms with van der Waals surface area (Å²) in [6, 6.07) is 9.18. The van der Waals surface area contributed by atoms with Crippen molar-refractivity contribution in [3.63, 3.8) is 0 Å². The van der Waals surface area contributed by atoms with Gasteiger partial charge in [0.05, 0.1) is 29.5 Å². The fourth-order valence-electron chi connectivity index (χ4n) is 2.56. The highest BCUT2D eigenvalue weighted by Gasteiger charge is 2.22. The van der Waals surface area contributed by atoms with Crippen LogP contribution in [0.5, 0.6) is 17.2 Å². The molecule has 0 aliphatic carbocycles. The molecule has 1 heterocycles. The summed E-state index contributed by atoms with van der Waals surface area (Å²) in [6.45, 7) is 4.37.